The average molecular weight is 573 g/mol. The van der Waals surface area contributed by atoms with Crippen molar-refractivity contribution in [2.45, 2.75) is 37.8 Å². The van der Waals surface area contributed by atoms with Crippen LogP contribution < -0.4 is 4.90 Å². The molecule has 0 aliphatic carbocycles. The number of sulfonamides is 1. The van der Waals surface area contributed by atoms with Gasteiger partial charge in [0.2, 0.25) is 10.0 Å². The Bertz CT molecular complexity index is 1110. The first-order valence-electron chi connectivity index (χ1n) is 12.2. The molecule has 0 N–H and O–H groups in total. The fraction of sp³-hybridized carbons (Fsp3) is 0.696. The fourth-order valence-electron chi connectivity index (χ4n) is 5.43. The number of hydrogen-bond acceptors (Lipinski definition) is 6. The number of hydrogen-bond donors (Lipinski definition) is 0. The summed E-state index contributed by atoms with van der Waals surface area (Å²) < 4.78 is 106. The summed E-state index contributed by atoms with van der Waals surface area (Å²) in [6, 6.07) is 7.73. The molecular formula is C23H30F6N4O4S. The van der Waals surface area contributed by atoms with E-state index in [1.54, 1.807) is 0 Å². The van der Waals surface area contributed by atoms with Crippen molar-refractivity contribution in [3.63, 3.8) is 0 Å². The van der Waals surface area contributed by atoms with Gasteiger partial charge in [0.1, 0.15) is 0 Å². The maximum atomic E-state index is 12.7. The fourth-order valence-corrected chi connectivity index (χ4v) is 6.36. The Morgan fingerprint density at radius 2 is 1.55 bits per heavy atom. The van der Waals surface area contributed by atoms with Crippen molar-refractivity contribution < 1.29 is 44.3 Å². The minimum absolute atomic E-state index is 0.0718. The van der Waals surface area contributed by atoms with Crippen molar-refractivity contribution in [2.24, 2.45) is 5.41 Å². The number of amides is 1. The number of anilines is 1. The van der Waals surface area contributed by atoms with Crippen LogP contribution in [0.2, 0.25) is 0 Å². The third-order valence-electron chi connectivity index (χ3n) is 7.48. The molecule has 1 unspecified atom stereocenters. The SMILES string of the molecule is CS(=O)(=O)N1CCC2(CCN(c3ccccc3CN3CCN(C(=O)OC(C(F)(F)F)C(F)(F)F)CC3)C2)C1. The standard InChI is InChI=1S/C23H30F6N4O4S/c1-38(35,36)33-9-7-21(16-33)6-8-32(15-21)18-5-3-2-4-17(18)14-30-10-12-31(13-11-30)20(34)37-19(22(24,25)26)23(27,28)29/h2-5,19H,6-16H2,1H3. The largest absolute Gasteiger partial charge is 0.434 e. The Hall–Kier alpha value is -2.26. The van der Waals surface area contributed by atoms with Crippen LogP contribution in [0.15, 0.2) is 24.3 Å². The van der Waals surface area contributed by atoms with Gasteiger partial charge in [0.15, 0.2) is 0 Å². The van der Waals surface area contributed by atoms with Gasteiger partial charge in [-0.3, -0.25) is 4.90 Å². The molecule has 1 amide bonds. The lowest BCUT2D eigenvalue weighted by Crippen LogP contribution is -2.52. The summed E-state index contributed by atoms with van der Waals surface area (Å²) in [5.74, 6) is 0. The van der Waals surface area contributed by atoms with Crippen LogP contribution >= 0.6 is 0 Å². The molecule has 0 radical (unpaired) electrons. The first kappa shape index (κ1) is 28.7. The second-order valence-corrected chi connectivity index (χ2v) is 12.2. The molecule has 3 aliphatic rings. The average Bonchev–Trinajstić information content (AvgIpc) is 3.43. The molecule has 1 aromatic rings. The number of alkyl halides is 6. The van der Waals surface area contributed by atoms with E-state index in [-0.39, 0.29) is 31.6 Å². The maximum Gasteiger partial charge on any atom is 0.434 e. The van der Waals surface area contributed by atoms with E-state index in [1.165, 1.54) is 10.6 Å². The van der Waals surface area contributed by atoms with Gasteiger partial charge >= 0.3 is 18.4 Å². The predicted octanol–water partition coefficient (Wildman–Crippen LogP) is 3.30. The minimum atomic E-state index is -5.75. The molecule has 1 spiro atoms. The van der Waals surface area contributed by atoms with Crippen LogP contribution in [-0.2, 0) is 21.3 Å². The monoisotopic (exact) mass is 572 g/mol. The summed E-state index contributed by atoms with van der Waals surface area (Å²) >= 11 is 0. The van der Waals surface area contributed by atoms with E-state index in [4.69, 9.17) is 0 Å². The number of ether oxygens (including phenoxy) is 1. The van der Waals surface area contributed by atoms with E-state index in [0.717, 1.165) is 42.1 Å². The topological polar surface area (TPSA) is 73.4 Å². The highest BCUT2D eigenvalue weighted by molar-refractivity contribution is 7.88. The smallest absolute Gasteiger partial charge is 0.426 e. The maximum absolute atomic E-state index is 12.7. The van der Waals surface area contributed by atoms with Crippen LogP contribution in [0, 0.1) is 5.41 Å². The van der Waals surface area contributed by atoms with Crippen molar-refractivity contribution in [2.75, 3.05) is 63.5 Å². The second-order valence-electron chi connectivity index (χ2n) is 10.3. The third kappa shape index (κ3) is 6.47. The van der Waals surface area contributed by atoms with Crippen molar-refractivity contribution >= 4 is 21.8 Å². The Labute approximate surface area is 217 Å². The molecule has 0 aromatic heterocycles. The molecule has 3 aliphatic heterocycles. The third-order valence-corrected chi connectivity index (χ3v) is 8.73. The van der Waals surface area contributed by atoms with Gasteiger partial charge in [-0.2, -0.15) is 26.3 Å². The lowest BCUT2D eigenvalue weighted by molar-refractivity contribution is -0.308. The molecule has 0 bridgehead atoms. The quantitative estimate of drug-likeness (QED) is 0.505. The zero-order valence-electron chi connectivity index (χ0n) is 20.8. The number of halogens is 6. The van der Waals surface area contributed by atoms with Gasteiger partial charge in [0, 0.05) is 70.0 Å². The lowest BCUT2D eigenvalue weighted by atomic mass is 9.86. The van der Waals surface area contributed by atoms with E-state index >= 15 is 0 Å². The van der Waals surface area contributed by atoms with Crippen LogP contribution in [0.4, 0.5) is 36.8 Å². The van der Waals surface area contributed by atoms with Crippen molar-refractivity contribution in [3.05, 3.63) is 29.8 Å². The molecule has 4 rings (SSSR count). The van der Waals surface area contributed by atoms with Crippen LogP contribution in [0.1, 0.15) is 18.4 Å². The summed E-state index contributed by atoms with van der Waals surface area (Å²) in [6.45, 7) is 3.32. The second kappa shape index (κ2) is 10.4. The Morgan fingerprint density at radius 3 is 2.13 bits per heavy atom. The number of para-hydroxylation sites is 1. The summed E-state index contributed by atoms with van der Waals surface area (Å²) in [5, 5.41) is 0. The molecule has 3 heterocycles. The molecule has 38 heavy (non-hydrogen) atoms. The molecule has 8 nitrogen and oxygen atoms in total. The number of carbonyl (C=O) groups is 1. The zero-order chi connectivity index (χ0) is 27.9. The van der Waals surface area contributed by atoms with E-state index in [1.807, 2.05) is 29.2 Å². The van der Waals surface area contributed by atoms with E-state index < -0.39 is 34.6 Å². The number of piperazine rings is 1. The van der Waals surface area contributed by atoms with Crippen LogP contribution in [-0.4, -0.2) is 106 Å². The van der Waals surface area contributed by atoms with Crippen molar-refractivity contribution in [1.82, 2.24) is 14.1 Å². The molecule has 214 valence electrons. The zero-order valence-corrected chi connectivity index (χ0v) is 21.6. The van der Waals surface area contributed by atoms with E-state index in [2.05, 4.69) is 9.64 Å². The molecule has 3 saturated heterocycles. The molecule has 15 heteroatoms. The first-order valence-corrected chi connectivity index (χ1v) is 14.0. The molecule has 0 saturated carbocycles. The van der Waals surface area contributed by atoms with Gasteiger partial charge < -0.3 is 14.5 Å². The highest BCUT2D eigenvalue weighted by atomic mass is 32.2. The number of carbonyl (C=O) groups excluding carboxylic acids is 1. The first-order chi connectivity index (χ1) is 17.6. The predicted molar refractivity (Wildman–Crippen MR) is 126 cm³/mol. The molecule has 1 aromatic carbocycles. The van der Waals surface area contributed by atoms with Crippen LogP contribution in [0.5, 0.6) is 0 Å². The van der Waals surface area contributed by atoms with Gasteiger partial charge in [0.05, 0.1) is 6.26 Å². The van der Waals surface area contributed by atoms with Gasteiger partial charge in [-0.25, -0.2) is 17.5 Å². The molecular weight excluding hydrogens is 542 g/mol. The van der Waals surface area contributed by atoms with Gasteiger partial charge in [-0.1, -0.05) is 18.2 Å². The number of rotatable bonds is 5. The summed E-state index contributed by atoms with van der Waals surface area (Å²) in [5.41, 5.74) is 1.89. The Morgan fingerprint density at radius 1 is 0.947 bits per heavy atom. The van der Waals surface area contributed by atoms with Crippen LogP contribution in [0.25, 0.3) is 0 Å². The van der Waals surface area contributed by atoms with E-state index in [9.17, 15) is 39.6 Å². The Kier molecular flexibility index (Phi) is 7.85. The highest BCUT2D eigenvalue weighted by Crippen LogP contribution is 2.42. The van der Waals surface area contributed by atoms with Gasteiger partial charge in [-0.05, 0) is 24.5 Å². The molecule has 3 fully saturated rings. The minimum Gasteiger partial charge on any atom is -0.426 e. The normalized spacial score (nSPS) is 24.1. The van der Waals surface area contributed by atoms with Crippen LogP contribution in [0.3, 0.4) is 0 Å². The van der Waals surface area contributed by atoms with Crippen molar-refractivity contribution in [1.29, 1.82) is 0 Å². The Balaban J connectivity index is 1.34. The van der Waals surface area contributed by atoms with Gasteiger partial charge in [0.25, 0.3) is 6.10 Å². The number of benzene rings is 1. The lowest BCUT2D eigenvalue weighted by Gasteiger charge is -2.36. The number of nitrogens with zero attached hydrogens (tertiary/aromatic N) is 4. The highest BCUT2D eigenvalue weighted by Gasteiger charge is 2.60. The summed E-state index contributed by atoms with van der Waals surface area (Å²) in [6.07, 6.45) is -14.4. The van der Waals surface area contributed by atoms with Gasteiger partial charge in [-0.15, -0.1) is 0 Å². The summed E-state index contributed by atoms with van der Waals surface area (Å²) in [4.78, 5) is 17.1. The summed E-state index contributed by atoms with van der Waals surface area (Å²) in [7, 11) is -3.25. The van der Waals surface area contributed by atoms with Crippen molar-refractivity contribution in [3.8, 4) is 0 Å². The molecule has 1 atom stereocenters. The van der Waals surface area contributed by atoms with E-state index in [0.29, 0.717) is 19.6 Å².